The minimum atomic E-state index is 0.931. The Morgan fingerprint density at radius 1 is 0.667 bits per heavy atom. The van der Waals surface area contributed by atoms with Crippen LogP contribution in [-0.4, -0.2) is 14.2 Å². The van der Waals surface area contributed by atoms with Gasteiger partial charge >= 0.3 is 0 Å². The van der Waals surface area contributed by atoms with Gasteiger partial charge in [0.15, 0.2) is 0 Å². The molecule has 2 aromatic carbocycles. The lowest BCUT2D eigenvalue weighted by Gasteiger charge is -2.20. The van der Waals surface area contributed by atoms with Crippen molar-refractivity contribution in [1.29, 1.82) is 0 Å². The van der Waals surface area contributed by atoms with E-state index in [1.54, 1.807) is 14.2 Å². The summed E-state index contributed by atoms with van der Waals surface area (Å²) in [5.41, 5.74) is 5.51. The van der Waals surface area contributed by atoms with Crippen LogP contribution in [0.3, 0.4) is 0 Å². The molecule has 0 spiro atoms. The first-order chi connectivity index (χ1) is 8.80. The smallest absolute Gasteiger partial charge is 0.119 e. The summed E-state index contributed by atoms with van der Waals surface area (Å²) in [5, 5.41) is 0. The Bertz CT molecular complexity index is 536. The molecule has 0 bridgehead atoms. The second-order valence-electron chi connectivity index (χ2n) is 4.62. The zero-order valence-electron chi connectivity index (χ0n) is 10.7. The van der Waals surface area contributed by atoms with Gasteiger partial charge in [-0.15, -0.1) is 0 Å². The summed E-state index contributed by atoms with van der Waals surface area (Å²) < 4.78 is 10.6. The zero-order chi connectivity index (χ0) is 12.5. The predicted octanol–water partition coefficient (Wildman–Crippen LogP) is 3.20. The minimum absolute atomic E-state index is 0.931. The van der Waals surface area contributed by atoms with E-state index >= 15 is 0 Å². The fraction of sp³-hybridized carbons (Fsp3) is 0.250. The molecule has 2 nitrogen and oxygen atoms in total. The molecule has 1 aliphatic rings. The van der Waals surface area contributed by atoms with Crippen molar-refractivity contribution < 1.29 is 9.47 Å². The molecule has 2 aromatic rings. The lowest BCUT2D eigenvalue weighted by Crippen LogP contribution is -2.07. The molecule has 2 heteroatoms. The first-order valence-corrected chi connectivity index (χ1v) is 6.12. The molecule has 0 amide bonds. The third-order valence-corrected chi connectivity index (χ3v) is 3.59. The van der Waals surface area contributed by atoms with Crippen LogP contribution in [0.25, 0.3) is 0 Å². The maximum atomic E-state index is 5.29. The Hall–Kier alpha value is -1.96. The highest BCUT2D eigenvalue weighted by atomic mass is 16.5. The van der Waals surface area contributed by atoms with Gasteiger partial charge in [-0.2, -0.15) is 0 Å². The molecule has 92 valence electrons. The minimum Gasteiger partial charge on any atom is -0.497 e. The predicted molar refractivity (Wildman–Crippen MR) is 71.6 cm³/mol. The fourth-order valence-electron chi connectivity index (χ4n) is 2.54. The molecule has 0 aromatic heterocycles. The molecule has 0 saturated carbocycles. The summed E-state index contributed by atoms with van der Waals surface area (Å²) in [7, 11) is 3.42. The van der Waals surface area contributed by atoms with Crippen LogP contribution in [-0.2, 0) is 12.8 Å². The van der Waals surface area contributed by atoms with E-state index < -0.39 is 0 Å². The van der Waals surface area contributed by atoms with Crippen molar-refractivity contribution in [3.05, 3.63) is 58.7 Å². The van der Waals surface area contributed by atoms with Crippen LogP contribution < -0.4 is 9.47 Å². The normalized spacial score (nSPS) is 12.6. The van der Waals surface area contributed by atoms with E-state index in [9.17, 15) is 0 Å². The standard InChI is InChI=1S/C16H16O2/c1-17-15-5-3-11-7-12-4-6-16(18-2)10-14(12)8-13(11)9-15/h3-6,9-10H,7-8H2,1-2H3. The molecule has 18 heavy (non-hydrogen) atoms. The molecular formula is C16H16O2. The van der Waals surface area contributed by atoms with Crippen LogP contribution in [0.5, 0.6) is 11.5 Å². The topological polar surface area (TPSA) is 18.5 Å². The van der Waals surface area contributed by atoms with E-state index in [0.29, 0.717) is 0 Å². The lowest BCUT2D eigenvalue weighted by molar-refractivity contribution is 0.413. The first kappa shape index (κ1) is 11.1. The monoisotopic (exact) mass is 240 g/mol. The van der Waals surface area contributed by atoms with E-state index in [1.165, 1.54) is 22.3 Å². The van der Waals surface area contributed by atoms with Gasteiger partial charge in [-0.05, 0) is 59.4 Å². The number of ether oxygens (including phenoxy) is 2. The summed E-state index contributed by atoms with van der Waals surface area (Å²) in [5.74, 6) is 1.86. The Morgan fingerprint density at radius 3 is 1.56 bits per heavy atom. The molecule has 3 rings (SSSR count). The highest BCUT2D eigenvalue weighted by molar-refractivity contribution is 5.49. The van der Waals surface area contributed by atoms with Gasteiger partial charge < -0.3 is 9.47 Å². The van der Waals surface area contributed by atoms with Gasteiger partial charge in [0.25, 0.3) is 0 Å². The molecular weight excluding hydrogens is 224 g/mol. The van der Waals surface area contributed by atoms with Gasteiger partial charge in [-0.3, -0.25) is 0 Å². The van der Waals surface area contributed by atoms with Gasteiger partial charge in [-0.25, -0.2) is 0 Å². The van der Waals surface area contributed by atoms with E-state index in [4.69, 9.17) is 9.47 Å². The van der Waals surface area contributed by atoms with Crippen molar-refractivity contribution in [2.24, 2.45) is 0 Å². The van der Waals surface area contributed by atoms with Crippen molar-refractivity contribution >= 4 is 0 Å². The summed E-state index contributed by atoms with van der Waals surface area (Å²) in [6.07, 6.45) is 1.96. The first-order valence-electron chi connectivity index (χ1n) is 6.12. The molecule has 0 unspecified atom stereocenters. The van der Waals surface area contributed by atoms with Crippen LogP contribution in [0, 0.1) is 0 Å². The van der Waals surface area contributed by atoms with Gasteiger partial charge in [0, 0.05) is 0 Å². The van der Waals surface area contributed by atoms with Crippen molar-refractivity contribution in [2.75, 3.05) is 14.2 Å². The van der Waals surface area contributed by atoms with Gasteiger partial charge in [-0.1, -0.05) is 12.1 Å². The summed E-state index contributed by atoms with van der Waals surface area (Å²) in [4.78, 5) is 0. The number of hydrogen-bond donors (Lipinski definition) is 0. The Kier molecular flexibility index (Phi) is 2.71. The number of hydrogen-bond acceptors (Lipinski definition) is 2. The molecule has 0 aliphatic heterocycles. The van der Waals surface area contributed by atoms with Crippen LogP contribution in [0.2, 0.25) is 0 Å². The van der Waals surface area contributed by atoms with Crippen LogP contribution >= 0.6 is 0 Å². The molecule has 0 saturated heterocycles. The molecule has 0 fully saturated rings. The highest BCUT2D eigenvalue weighted by Crippen LogP contribution is 2.31. The van der Waals surface area contributed by atoms with Crippen molar-refractivity contribution in [2.45, 2.75) is 12.8 Å². The van der Waals surface area contributed by atoms with Gasteiger partial charge in [0.05, 0.1) is 14.2 Å². The van der Waals surface area contributed by atoms with Crippen LogP contribution in [0.4, 0.5) is 0 Å². The zero-order valence-corrected chi connectivity index (χ0v) is 10.7. The molecule has 0 atom stereocenters. The maximum Gasteiger partial charge on any atom is 0.119 e. The van der Waals surface area contributed by atoms with E-state index in [-0.39, 0.29) is 0 Å². The SMILES string of the molecule is COc1ccc2c(c1)Cc1cc(OC)ccc1C2. The van der Waals surface area contributed by atoms with E-state index in [0.717, 1.165) is 24.3 Å². The molecule has 0 radical (unpaired) electrons. The number of rotatable bonds is 2. The molecule has 0 heterocycles. The summed E-state index contributed by atoms with van der Waals surface area (Å²) in [6, 6.07) is 12.7. The van der Waals surface area contributed by atoms with Crippen molar-refractivity contribution in [3.63, 3.8) is 0 Å². The Morgan fingerprint density at radius 2 is 1.11 bits per heavy atom. The third kappa shape index (κ3) is 1.84. The Labute approximate surface area is 107 Å². The number of methoxy groups -OCH3 is 2. The highest BCUT2D eigenvalue weighted by Gasteiger charge is 2.16. The number of benzene rings is 2. The lowest BCUT2D eigenvalue weighted by atomic mass is 9.86. The average Bonchev–Trinajstić information content (AvgIpc) is 2.43. The van der Waals surface area contributed by atoms with Crippen LogP contribution in [0.1, 0.15) is 22.3 Å². The average molecular weight is 240 g/mol. The third-order valence-electron chi connectivity index (χ3n) is 3.59. The van der Waals surface area contributed by atoms with Crippen LogP contribution in [0.15, 0.2) is 36.4 Å². The second kappa shape index (κ2) is 4.37. The molecule has 1 aliphatic carbocycles. The largest absolute Gasteiger partial charge is 0.497 e. The van der Waals surface area contributed by atoms with Crippen molar-refractivity contribution in [1.82, 2.24) is 0 Å². The summed E-state index contributed by atoms with van der Waals surface area (Å²) in [6.45, 7) is 0. The van der Waals surface area contributed by atoms with Gasteiger partial charge in [0.1, 0.15) is 11.5 Å². The second-order valence-corrected chi connectivity index (χ2v) is 4.62. The van der Waals surface area contributed by atoms with E-state index in [1.807, 2.05) is 12.1 Å². The summed E-state index contributed by atoms with van der Waals surface area (Å²) >= 11 is 0. The number of fused-ring (bicyclic) bond motifs is 2. The Balaban J connectivity index is 2.01. The molecule has 0 N–H and O–H groups in total. The van der Waals surface area contributed by atoms with Crippen molar-refractivity contribution in [3.8, 4) is 11.5 Å². The van der Waals surface area contributed by atoms with Gasteiger partial charge in [0.2, 0.25) is 0 Å². The fourth-order valence-corrected chi connectivity index (χ4v) is 2.54. The van der Waals surface area contributed by atoms with E-state index in [2.05, 4.69) is 24.3 Å². The quantitative estimate of drug-likeness (QED) is 0.685. The maximum absolute atomic E-state index is 5.29.